The zero-order chi connectivity index (χ0) is 19.8. The van der Waals surface area contributed by atoms with Crippen molar-refractivity contribution in [3.63, 3.8) is 0 Å². The van der Waals surface area contributed by atoms with E-state index in [0.717, 1.165) is 0 Å². The van der Waals surface area contributed by atoms with Crippen molar-refractivity contribution < 1.29 is 28.6 Å². The average molecular weight is 390 g/mol. The van der Waals surface area contributed by atoms with E-state index in [4.69, 9.17) is 14.2 Å². The number of benzene rings is 1. The molecule has 8 heteroatoms. The fourth-order valence-electron chi connectivity index (χ4n) is 3.24. The van der Waals surface area contributed by atoms with E-state index >= 15 is 0 Å². The summed E-state index contributed by atoms with van der Waals surface area (Å²) in [5.41, 5.74) is 0.861. The van der Waals surface area contributed by atoms with Crippen LogP contribution >= 0.6 is 0 Å². The summed E-state index contributed by atoms with van der Waals surface area (Å²) < 4.78 is 16.3. The molecule has 0 radical (unpaired) electrons. The Labute approximate surface area is 164 Å². The van der Waals surface area contributed by atoms with Crippen molar-refractivity contribution in [2.75, 3.05) is 59.3 Å². The number of carbonyl (C=O) groups is 3. The van der Waals surface area contributed by atoms with Crippen LogP contribution in [0.2, 0.25) is 0 Å². The zero-order valence-electron chi connectivity index (χ0n) is 15.9. The largest absolute Gasteiger partial charge is 0.377 e. The van der Waals surface area contributed by atoms with Gasteiger partial charge in [0.25, 0.3) is 11.8 Å². The van der Waals surface area contributed by atoms with Gasteiger partial charge in [-0.15, -0.1) is 0 Å². The van der Waals surface area contributed by atoms with E-state index in [1.54, 1.807) is 29.2 Å². The van der Waals surface area contributed by atoms with Gasteiger partial charge in [-0.3, -0.25) is 19.3 Å². The third kappa shape index (κ3) is 5.15. The van der Waals surface area contributed by atoms with Gasteiger partial charge in [0.2, 0.25) is 5.91 Å². The van der Waals surface area contributed by atoms with Crippen molar-refractivity contribution in [3.8, 4) is 0 Å². The smallest absolute Gasteiger partial charge is 0.261 e. The van der Waals surface area contributed by atoms with Crippen LogP contribution in [0.4, 0.5) is 0 Å². The molecule has 0 N–H and O–H groups in total. The predicted octanol–water partition coefficient (Wildman–Crippen LogP) is 0.955. The summed E-state index contributed by atoms with van der Waals surface area (Å²) in [6.45, 7) is 4.07. The number of hydrogen-bond acceptors (Lipinski definition) is 6. The summed E-state index contributed by atoms with van der Waals surface area (Å²) in [5, 5.41) is 0. The van der Waals surface area contributed by atoms with Crippen LogP contribution in [0.1, 0.15) is 33.6 Å². The highest BCUT2D eigenvalue weighted by Gasteiger charge is 2.34. The van der Waals surface area contributed by atoms with Crippen LogP contribution < -0.4 is 0 Å². The third-order valence-electron chi connectivity index (χ3n) is 4.76. The van der Waals surface area contributed by atoms with Crippen LogP contribution in [0, 0.1) is 0 Å². The first-order valence-corrected chi connectivity index (χ1v) is 9.64. The molecular weight excluding hydrogens is 364 g/mol. The van der Waals surface area contributed by atoms with Gasteiger partial charge in [-0.25, -0.2) is 0 Å². The second-order valence-corrected chi connectivity index (χ2v) is 6.63. The average Bonchev–Trinajstić information content (AvgIpc) is 2.93. The van der Waals surface area contributed by atoms with Crippen LogP contribution in [0.3, 0.4) is 0 Å². The molecule has 0 spiro atoms. The monoisotopic (exact) mass is 390 g/mol. The maximum absolute atomic E-state index is 12.6. The van der Waals surface area contributed by atoms with Crippen molar-refractivity contribution in [2.45, 2.75) is 12.8 Å². The number of fused-ring (bicyclic) bond motifs is 1. The quantitative estimate of drug-likeness (QED) is 0.712. The number of rotatable bonds is 4. The molecule has 0 aromatic heterocycles. The first-order valence-electron chi connectivity index (χ1n) is 9.64. The predicted molar refractivity (Wildman–Crippen MR) is 100 cm³/mol. The molecule has 0 unspecified atom stereocenters. The lowest BCUT2D eigenvalue weighted by Crippen LogP contribution is -2.38. The molecule has 28 heavy (non-hydrogen) atoms. The summed E-state index contributed by atoms with van der Waals surface area (Å²) in [6.07, 6.45) is 0.687. The first-order chi connectivity index (χ1) is 13.7. The molecule has 0 aliphatic carbocycles. The Morgan fingerprint density at radius 3 is 1.86 bits per heavy atom. The van der Waals surface area contributed by atoms with Gasteiger partial charge in [-0.05, 0) is 18.6 Å². The van der Waals surface area contributed by atoms with Crippen LogP contribution in [0.25, 0.3) is 0 Å². The number of hydrogen-bond donors (Lipinski definition) is 0. The molecule has 2 heterocycles. The Kier molecular flexibility index (Phi) is 7.53. The Balaban J connectivity index is 1.47. The van der Waals surface area contributed by atoms with Crippen molar-refractivity contribution >= 4 is 17.7 Å². The Morgan fingerprint density at radius 2 is 1.32 bits per heavy atom. The lowest BCUT2D eigenvalue weighted by atomic mass is 10.1. The number of imide groups is 1. The second-order valence-electron chi connectivity index (χ2n) is 6.63. The highest BCUT2D eigenvalue weighted by Crippen LogP contribution is 2.22. The Bertz CT molecular complexity index is 661. The minimum Gasteiger partial charge on any atom is -0.377 e. The minimum absolute atomic E-state index is 0.0304. The number of carbonyl (C=O) groups excluding carboxylic acids is 3. The number of amides is 3. The van der Waals surface area contributed by atoms with Gasteiger partial charge >= 0.3 is 0 Å². The van der Waals surface area contributed by atoms with E-state index in [9.17, 15) is 14.4 Å². The molecule has 8 nitrogen and oxygen atoms in total. The highest BCUT2D eigenvalue weighted by molar-refractivity contribution is 6.21. The highest BCUT2D eigenvalue weighted by atomic mass is 16.5. The van der Waals surface area contributed by atoms with E-state index in [2.05, 4.69) is 0 Å². The summed E-state index contributed by atoms with van der Waals surface area (Å²) in [4.78, 5) is 40.2. The fraction of sp³-hybridized carbons (Fsp3) is 0.550. The van der Waals surface area contributed by atoms with Crippen molar-refractivity contribution in [1.29, 1.82) is 0 Å². The van der Waals surface area contributed by atoms with Crippen molar-refractivity contribution in [2.24, 2.45) is 0 Å². The van der Waals surface area contributed by atoms with E-state index in [-0.39, 0.29) is 30.7 Å². The molecule has 1 aromatic carbocycles. The number of ether oxygens (including phenoxy) is 3. The molecule has 1 saturated heterocycles. The molecule has 1 fully saturated rings. The molecule has 1 aromatic rings. The molecule has 2 aliphatic rings. The lowest BCUT2D eigenvalue weighted by Gasteiger charge is -2.24. The molecule has 0 bridgehead atoms. The van der Waals surface area contributed by atoms with E-state index < -0.39 is 0 Å². The van der Waals surface area contributed by atoms with Crippen LogP contribution in [-0.4, -0.2) is 86.8 Å². The maximum atomic E-state index is 12.6. The molecule has 152 valence electrons. The molecule has 0 saturated carbocycles. The van der Waals surface area contributed by atoms with Crippen LogP contribution in [0.5, 0.6) is 0 Å². The summed E-state index contributed by atoms with van der Waals surface area (Å²) in [7, 11) is 0. The van der Waals surface area contributed by atoms with E-state index in [1.165, 1.54) is 4.90 Å². The Hall–Kier alpha value is -2.29. The molecule has 0 atom stereocenters. The second kappa shape index (κ2) is 10.3. The van der Waals surface area contributed by atoms with Gasteiger partial charge in [0.1, 0.15) is 0 Å². The van der Waals surface area contributed by atoms with E-state index in [1.807, 2.05) is 0 Å². The minimum atomic E-state index is -0.289. The molecule has 3 rings (SSSR count). The SMILES string of the molecule is O=C(CCCN1C(=O)c2ccccc2C1=O)N1CCOCCOCCOCC1. The zero-order valence-corrected chi connectivity index (χ0v) is 15.9. The first kappa shape index (κ1) is 20.4. The van der Waals surface area contributed by atoms with Gasteiger partial charge in [-0.1, -0.05) is 12.1 Å². The fourth-order valence-corrected chi connectivity index (χ4v) is 3.24. The molecule has 2 aliphatic heterocycles. The van der Waals surface area contributed by atoms with Gasteiger partial charge in [0.05, 0.1) is 50.8 Å². The summed E-state index contributed by atoms with van der Waals surface area (Å²) in [6, 6.07) is 6.79. The van der Waals surface area contributed by atoms with Gasteiger partial charge in [0, 0.05) is 26.1 Å². The maximum Gasteiger partial charge on any atom is 0.261 e. The van der Waals surface area contributed by atoms with E-state index in [0.29, 0.717) is 70.3 Å². The third-order valence-corrected chi connectivity index (χ3v) is 4.76. The van der Waals surface area contributed by atoms with Gasteiger partial charge in [0.15, 0.2) is 0 Å². The summed E-state index contributed by atoms with van der Waals surface area (Å²) >= 11 is 0. The van der Waals surface area contributed by atoms with Crippen molar-refractivity contribution in [3.05, 3.63) is 35.4 Å². The normalized spacial score (nSPS) is 19.1. The molecule has 3 amide bonds. The van der Waals surface area contributed by atoms with Gasteiger partial charge < -0.3 is 19.1 Å². The molecular formula is C20H26N2O6. The topological polar surface area (TPSA) is 85.4 Å². The standard InChI is InChI=1S/C20H26N2O6/c23-18(21-8-10-26-12-14-28-15-13-27-11-9-21)6-3-7-22-19(24)16-4-1-2-5-17(16)20(22)25/h1-2,4-5H,3,6-15H2. The lowest BCUT2D eigenvalue weighted by molar-refractivity contribution is -0.133. The Morgan fingerprint density at radius 1 is 0.821 bits per heavy atom. The van der Waals surface area contributed by atoms with Crippen molar-refractivity contribution in [1.82, 2.24) is 9.80 Å². The van der Waals surface area contributed by atoms with Gasteiger partial charge in [-0.2, -0.15) is 0 Å². The van der Waals surface area contributed by atoms with Crippen LogP contribution in [0.15, 0.2) is 24.3 Å². The summed E-state index contributed by atoms with van der Waals surface area (Å²) in [5.74, 6) is -0.608. The number of nitrogens with zero attached hydrogens (tertiary/aromatic N) is 2. The van der Waals surface area contributed by atoms with Crippen LogP contribution in [-0.2, 0) is 19.0 Å².